The molecule has 0 aliphatic heterocycles. The molecule has 4 aliphatic rings. The third-order valence-corrected chi connectivity index (χ3v) is 11.7. The van der Waals surface area contributed by atoms with Crippen LogP contribution in [0.2, 0.25) is 0 Å². The van der Waals surface area contributed by atoms with Crippen molar-refractivity contribution < 1.29 is 15.0 Å². The Balaban J connectivity index is 1.51. The molecule has 4 saturated carbocycles. The van der Waals surface area contributed by atoms with Crippen LogP contribution >= 0.6 is 0 Å². The van der Waals surface area contributed by atoms with Crippen LogP contribution in [0, 0.1) is 58.2 Å². The SMILES string of the molecule is CC(C)[C@H](C)[C@@H](O)[C@H](O)[C@@H](C)[C@H]1CCC2[C@@H]3CC[C@H]4CC(=O)CC[C@]4(C)[C@H]3CC[C@@]21C. The molecule has 31 heavy (non-hydrogen) atoms. The van der Waals surface area contributed by atoms with Crippen molar-refractivity contribution in [2.75, 3.05) is 0 Å². The Hall–Kier alpha value is -0.410. The number of hydrogen-bond donors (Lipinski definition) is 2. The van der Waals surface area contributed by atoms with E-state index in [0.717, 1.165) is 37.0 Å². The van der Waals surface area contributed by atoms with Gasteiger partial charge in [0.25, 0.3) is 0 Å². The second kappa shape index (κ2) is 8.42. The van der Waals surface area contributed by atoms with Crippen molar-refractivity contribution in [1.29, 1.82) is 0 Å². The van der Waals surface area contributed by atoms with Gasteiger partial charge in [-0.25, -0.2) is 0 Å². The molecule has 0 bridgehead atoms. The van der Waals surface area contributed by atoms with Crippen molar-refractivity contribution in [3.05, 3.63) is 0 Å². The highest BCUT2D eigenvalue weighted by Gasteiger charge is 2.61. The second-order valence-electron chi connectivity index (χ2n) is 13.1. The lowest BCUT2D eigenvalue weighted by atomic mass is 9.44. The summed E-state index contributed by atoms with van der Waals surface area (Å²) in [6.45, 7) is 13.6. The molecule has 0 aromatic heterocycles. The first-order valence-corrected chi connectivity index (χ1v) is 13.4. The maximum atomic E-state index is 12.1. The maximum Gasteiger partial charge on any atom is 0.133 e. The number of carbonyl (C=O) groups excluding carboxylic acids is 1. The Morgan fingerprint density at radius 3 is 2.19 bits per heavy atom. The van der Waals surface area contributed by atoms with E-state index in [9.17, 15) is 15.0 Å². The minimum atomic E-state index is -0.636. The Morgan fingerprint density at radius 2 is 1.52 bits per heavy atom. The molecule has 0 heterocycles. The Morgan fingerprint density at radius 1 is 0.839 bits per heavy atom. The lowest BCUT2D eigenvalue weighted by Crippen LogP contribution is -2.54. The van der Waals surface area contributed by atoms with Crippen LogP contribution in [0.15, 0.2) is 0 Å². The van der Waals surface area contributed by atoms with E-state index in [1.165, 1.54) is 38.5 Å². The van der Waals surface area contributed by atoms with Gasteiger partial charge in [0, 0.05) is 12.8 Å². The molecule has 3 heteroatoms. The molecule has 0 aromatic carbocycles. The summed E-state index contributed by atoms with van der Waals surface area (Å²) in [4.78, 5) is 12.1. The first-order valence-electron chi connectivity index (χ1n) is 13.4. The predicted molar refractivity (Wildman–Crippen MR) is 125 cm³/mol. The smallest absolute Gasteiger partial charge is 0.133 e. The molecule has 1 unspecified atom stereocenters. The molecule has 11 atom stereocenters. The first kappa shape index (κ1) is 23.7. The zero-order chi connectivity index (χ0) is 22.7. The van der Waals surface area contributed by atoms with Crippen LogP contribution in [-0.4, -0.2) is 28.2 Å². The van der Waals surface area contributed by atoms with Gasteiger partial charge in [-0.3, -0.25) is 4.79 Å². The number of fused-ring (bicyclic) bond motifs is 5. The third-order valence-electron chi connectivity index (χ3n) is 11.7. The third kappa shape index (κ3) is 3.74. The number of aliphatic hydroxyl groups excluding tert-OH is 2. The van der Waals surface area contributed by atoms with Gasteiger partial charge in [0.05, 0.1) is 12.2 Å². The van der Waals surface area contributed by atoms with E-state index in [-0.39, 0.29) is 17.3 Å². The summed E-state index contributed by atoms with van der Waals surface area (Å²) >= 11 is 0. The molecule has 4 aliphatic carbocycles. The van der Waals surface area contributed by atoms with E-state index in [1.54, 1.807) is 0 Å². The van der Waals surface area contributed by atoms with Crippen molar-refractivity contribution in [2.45, 2.75) is 112 Å². The molecule has 0 saturated heterocycles. The summed E-state index contributed by atoms with van der Waals surface area (Å²) < 4.78 is 0. The summed E-state index contributed by atoms with van der Waals surface area (Å²) in [5, 5.41) is 22.0. The van der Waals surface area contributed by atoms with Crippen LogP contribution in [0.5, 0.6) is 0 Å². The van der Waals surface area contributed by atoms with Gasteiger partial charge in [0.15, 0.2) is 0 Å². The van der Waals surface area contributed by atoms with E-state index in [2.05, 4.69) is 41.5 Å². The molecule has 0 amide bonds. The summed E-state index contributed by atoms with van der Waals surface area (Å²) in [5.74, 6) is 4.57. The standard InChI is InChI=1S/C28H48O3/c1-16(2)17(3)25(30)26(31)18(4)22-9-10-23-21-8-7-19-15-20(29)11-13-27(19,5)24(21)12-14-28(22,23)6/h16-19,21-26,30-31H,7-15H2,1-6H3/t17-,18-,19-,21-,22+,23?,24-,25+,26+,27-,28+/m0/s1. The van der Waals surface area contributed by atoms with Gasteiger partial charge in [0.1, 0.15) is 5.78 Å². The minimum Gasteiger partial charge on any atom is -0.390 e. The van der Waals surface area contributed by atoms with Gasteiger partial charge in [-0.05, 0) is 103 Å². The number of Topliss-reactive ketones (excluding diaryl/α,β-unsaturated/α-hetero) is 1. The maximum absolute atomic E-state index is 12.1. The lowest BCUT2D eigenvalue weighted by molar-refractivity contribution is -0.143. The normalized spacial score (nSPS) is 46.6. The largest absolute Gasteiger partial charge is 0.390 e. The first-order chi connectivity index (χ1) is 14.5. The van der Waals surface area contributed by atoms with Crippen LogP contribution in [-0.2, 0) is 4.79 Å². The molecule has 4 fully saturated rings. The van der Waals surface area contributed by atoms with Crippen LogP contribution in [0.4, 0.5) is 0 Å². The van der Waals surface area contributed by atoms with Gasteiger partial charge in [-0.1, -0.05) is 41.5 Å². The highest BCUT2D eigenvalue weighted by Crippen LogP contribution is 2.68. The van der Waals surface area contributed by atoms with Crippen LogP contribution in [0.3, 0.4) is 0 Å². The average Bonchev–Trinajstić information content (AvgIpc) is 3.09. The lowest BCUT2D eigenvalue weighted by Gasteiger charge is -2.60. The topological polar surface area (TPSA) is 57.5 Å². The highest BCUT2D eigenvalue weighted by atomic mass is 16.3. The highest BCUT2D eigenvalue weighted by molar-refractivity contribution is 5.79. The minimum absolute atomic E-state index is 0.113. The van der Waals surface area contributed by atoms with E-state index < -0.39 is 12.2 Å². The summed E-state index contributed by atoms with van der Waals surface area (Å²) in [7, 11) is 0. The van der Waals surface area contributed by atoms with Gasteiger partial charge >= 0.3 is 0 Å². The zero-order valence-electron chi connectivity index (χ0n) is 20.9. The monoisotopic (exact) mass is 432 g/mol. The van der Waals surface area contributed by atoms with Crippen LogP contribution in [0.1, 0.15) is 99.3 Å². The average molecular weight is 433 g/mol. The molecular weight excluding hydrogens is 384 g/mol. The van der Waals surface area contributed by atoms with Crippen molar-refractivity contribution >= 4 is 5.78 Å². The molecule has 4 rings (SSSR count). The molecule has 178 valence electrons. The number of rotatable bonds is 5. The van der Waals surface area contributed by atoms with Gasteiger partial charge in [-0.2, -0.15) is 0 Å². The second-order valence-corrected chi connectivity index (χ2v) is 13.1. The fourth-order valence-electron chi connectivity index (χ4n) is 9.20. The Labute approximate surface area is 190 Å². The number of carbonyl (C=O) groups is 1. The van der Waals surface area contributed by atoms with Crippen molar-refractivity contribution in [2.24, 2.45) is 58.2 Å². The summed E-state index contributed by atoms with van der Waals surface area (Å²) in [6, 6.07) is 0. The fourth-order valence-corrected chi connectivity index (χ4v) is 9.20. The van der Waals surface area contributed by atoms with Crippen LogP contribution < -0.4 is 0 Å². The van der Waals surface area contributed by atoms with Crippen molar-refractivity contribution in [3.63, 3.8) is 0 Å². The summed E-state index contributed by atoms with van der Waals surface area (Å²) in [6.07, 6.45) is 9.05. The summed E-state index contributed by atoms with van der Waals surface area (Å²) in [5.41, 5.74) is 0.653. The van der Waals surface area contributed by atoms with Gasteiger partial charge in [0.2, 0.25) is 0 Å². The number of hydrogen-bond acceptors (Lipinski definition) is 3. The molecule has 0 aromatic rings. The van der Waals surface area contributed by atoms with Crippen LogP contribution in [0.25, 0.3) is 0 Å². The molecule has 0 spiro atoms. The molecule has 3 nitrogen and oxygen atoms in total. The molecular formula is C28H48O3. The van der Waals surface area contributed by atoms with Gasteiger partial charge in [-0.15, -0.1) is 0 Å². The van der Waals surface area contributed by atoms with Crippen molar-refractivity contribution in [1.82, 2.24) is 0 Å². The number of aliphatic hydroxyl groups is 2. The van der Waals surface area contributed by atoms with E-state index in [4.69, 9.17) is 0 Å². The Bertz CT molecular complexity index is 673. The van der Waals surface area contributed by atoms with E-state index in [1.807, 2.05) is 0 Å². The number of ketones is 1. The molecule has 0 radical (unpaired) electrons. The fraction of sp³-hybridized carbons (Fsp3) is 0.964. The van der Waals surface area contributed by atoms with Gasteiger partial charge < -0.3 is 10.2 Å². The predicted octanol–water partition coefficient (Wildman–Crippen LogP) is 5.86. The Kier molecular flexibility index (Phi) is 6.45. The zero-order valence-corrected chi connectivity index (χ0v) is 20.9. The van der Waals surface area contributed by atoms with Crippen molar-refractivity contribution in [3.8, 4) is 0 Å². The quantitative estimate of drug-likeness (QED) is 0.572. The molecule has 2 N–H and O–H groups in total. The van der Waals surface area contributed by atoms with E-state index >= 15 is 0 Å². The van der Waals surface area contributed by atoms with E-state index in [0.29, 0.717) is 29.0 Å².